The van der Waals surface area contributed by atoms with Crippen molar-refractivity contribution in [3.63, 3.8) is 0 Å². The third-order valence-electron chi connectivity index (χ3n) is 2.92. The Labute approximate surface area is 83.2 Å². The van der Waals surface area contributed by atoms with E-state index >= 15 is 0 Å². The normalized spacial score (nSPS) is 32.9. The van der Waals surface area contributed by atoms with Gasteiger partial charge in [-0.25, -0.2) is 9.18 Å². The Kier molecular flexibility index (Phi) is 2.61. The Morgan fingerprint density at radius 3 is 2.71 bits per heavy atom. The Balaban J connectivity index is 1.82. The van der Waals surface area contributed by atoms with E-state index in [0.717, 1.165) is 19.3 Å². The van der Waals surface area contributed by atoms with Crippen LogP contribution in [0.2, 0.25) is 0 Å². The van der Waals surface area contributed by atoms with Crippen LogP contribution in [0, 0.1) is 5.92 Å². The first-order valence-electron chi connectivity index (χ1n) is 5.26. The first-order chi connectivity index (χ1) is 6.66. The van der Waals surface area contributed by atoms with Crippen LogP contribution in [0.5, 0.6) is 0 Å². The molecule has 80 valence electrons. The average Bonchev–Trinajstić information content (AvgIpc) is 2.93. The third kappa shape index (κ3) is 2.16. The summed E-state index contributed by atoms with van der Waals surface area (Å²) in [5.74, 6) is 0.0694. The van der Waals surface area contributed by atoms with Gasteiger partial charge in [0.1, 0.15) is 12.3 Å². The molecule has 2 atom stereocenters. The summed E-state index contributed by atoms with van der Waals surface area (Å²) < 4.78 is 18.4. The van der Waals surface area contributed by atoms with E-state index in [0.29, 0.717) is 6.54 Å². The summed E-state index contributed by atoms with van der Waals surface area (Å²) in [6, 6.07) is 0. The van der Waals surface area contributed by atoms with Gasteiger partial charge in [0.2, 0.25) is 0 Å². The monoisotopic (exact) mass is 201 g/mol. The van der Waals surface area contributed by atoms with Gasteiger partial charge in [0, 0.05) is 6.54 Å². The molecule has 3 nitrogen and oxygen atoms in total. The summed E-state index contributed by atoms with van der Waals surface area (Å²) in [6.07, 6.45) is 1.56. The molecule has 1 saturated carbocycles. The van der Waals surface area contributed by atoms with Crippen LogP contribution in [-0.2, 0) is 4.74 Å². The van der Waals surface area contributed by atoms with Crippen LogP contribution in [-0.4, -0.2) is 36.4 Å². The molecule has 4 heteroatoms. The van der Waals surface area contributed by atoms with Crippen molar-refractivity contribution in [2.24, 2.45) is 5.92 Å². The minimum Gasteiger partial charge on any atom is -0.446 e. The van der Waals surface area contributed by atoms with Crippen LogP contribution in [0.1, 0.15) is 26.2 Å². The van der Waals surface area contributed by atoms with Crippen molar-refractivity contribution in [1.29, 1.82) is 0 Å². The summed E-state index contributed by atoms with van der Waals surface area (Å²) in [4.78, 5) is 12.9. The maximum Gasteiger partial charge on any atom is 0.410 e. The molecule has 0 spiro atoms. The standard InChI is InChI=1S/C10H16FNO2/c1-7-4-5-12(6-9(7)11)10(13)14-8-2-3-8/h7-9H,2-6H2,1H3/t7-,9+/m1/s1. The molecule has 1 heterocycles. The second-order valence-electron chi connectivity index (χ2n) is 4.31. The predicted molar refractivity (Wildman–Crippen MR) is 49.8 cm³/mol. The molecule has 2 aliphatic rings. The highest BCUT2D eigenvalue weighted by Gasteiger charge is 2.33. The van der Waals surface area contributed by atoms with E-state index in [1.165, 1.54) is 4.90 Å². The Morgan fingerprint density at radius 1 is 1.43 bits per heavy atom. The maximum atomic E-state index is 13.3. The lowest BCUT2D eigenvalue weighted by molar-refractivity contribution is 0.0555. The zero-order valence-electron chi connectivity index (χ0n) is 8.41. The van der Waals surface area contributed by atoms with Gasteiger partial charge >= 0.3 is 6.09 Å². The van der Waals surface area contributed by atoms with Crippen molar-refractivity contribution in [3.8, 4) is 0 Å². The summed E-state index contributed by atoms with van der Waals surface area (Å²) in [5, 5.41) is 0. The SMILES string of the molecule is C[C@@H]1CCN(C(=O)OC2CC2)C[C@@H]1F. The predicted octanol–water partition coefficient (Wildman–Crippen LogP) is 1.97. The zero-order valence-corrected chi connectivity index (χ0v) is 8.41. The molecule has 2 rings (SSSR count). The maximum absolute atomic E-state index is 13.3. The van der Waals surface area contributed by atoms with Gasteiger partial charge in [-0.2, -0.15) is 0 Å². The molecule has 0 aromatic carbocycles. The van der Waals surface area contributed by atoms with Gasteiger partial charge in [-0.15, -0.1) is 0 Å². The quantitative estimate of drug-likeness (QED) is 0.649. The number of amides is 1. The molecule has 0 bridgehead atoms. The lowest BCUT2D eigenvalue weighted by Crippen LogP contribution is -2.44. The van der Waals surface area contributed by atoms with E-state index in [1.807, 2.05) is 6.92 Å². The summed E-state index contributed by atoms with van der Waals surface area (Å²) in [6.45, 7) is 2.72. The number of halogens is 1. The van der Waals surface area contributed by atoms with Gasteiger partial charge in [0.15, 0.2) is 0 Å². The molecule has 1 aliphatic heterocycles. The number of rotatable bonds is 1. The van der Waals surface area contributed by atoms with Crippen molar-refractivity contribution in [3.05, 3.63) is 0 Å². The Morgan fingerprint density at radius 2 is 2.14 bits per heavy atom. The fourth-order valence-corrected chi connectivity index (χ4v) is 1.59. The number of carbonyl (C=O) groups excluding carboxylic acids is 1. The van der Waals surface area contributed by atoms with E-state index in [1.54, 1.807) is 0 Å². The number of carbonyl (C=O) groups is 1. The van der Waals surface area contributed by atoms with E-state index in [9.17, 15) is 9.18 Å². The second-order valence-corrected chi connectivity index (χ2v) is 4.31. The molecule has 1 saturated heterocycles. The lowest BCUT2D eigenvalue weighted by atomic mass is 9.98. The molecule has 0 aromatic heterocycles. The molecule has 0 N–H and O–H groups in total. The van der Waals surface area contributed by atoms with Crippen molar-refractivity contribution in [2.45, 2.75) is 38.5 Å². The number of alkyl halides is 1. The number of ether oxygens (including phenoxy) is 1. The van der Waals surface area contributed by atoms with E-state index in [4.69, 9.17) is 4.74 Å². The minimum atomic E-state index is -0.893. The van der Waals surface area contributed by atoms with Crippen LogP contribution in [0.25, 0.3) is 0 Å². The molecular weight excluding hydrogens is 185 g/mol. The largest absolute Gasteiger partial charge is 0.446 e. The van der Waals surface area contributed by atoms with Crippen molar-refractivity contribution < 1.29 is 13.9 Å². The van der Waals surface area contributed by atoms with Crippen molar-refractivity contribution in [2.75, 3.05) is 13.1 Å². The first-order valence-corrected chi connectivity index (χ1v) is 5.26. The molecule has 0 aromatic rings. The highest BCUT2D eigenvalue weighted by Crippen LogP contribution is 2.26. The van der Waals surface area contributed by atoms with Gasteiger partial charge in [0.05, 0.1) is 6.54 Å². The van der Waals surface area contributed by atoms with Gasteiger partial charge in [-0.3, -0.25) is 0 Å². The van der Waals surface area contributed by atoms with Gasteiger partial charge in [-0.05, 0) is 25.2 Å². The Hall–Kier alpha value is -0.800. The van der Waals surface area contributed by atoms with Gasteiger partial charge in [0.25, 0.3) is 0 Å². The van der Waals surface area contributed by atoms with Crippen LogP contribution in [0.4, 0.5) is 9.18 Å². The highest BCUT2D eigenvalue weighted by molar-refractivity contribution is 5.68. The fraction of sp³-hybridized carbons (Fsp3) is 0.900. The first kappa shape index (κ1) is 9.74. The van der Waals surface area contributed by atoms with Crippen LogP contribution >= 0.6 is 0 Å². The van der Waals surface area contributed by atoms with Crippen LogP contribution < -0.4 is 0 Å². The zero-order chi connectivity index (χ0) is 10.1. The van der Waals surface area contributed by atoms with E-state index < -0.39 is 6.17 Å². The topological polar surface area (TPSA) is 29.5 Å². The number of hydrogen-bond acceptors (Lipinski definition) is 2. The molecule has 0 radical (unpaired) electrons. The van der Waals surface area contributed by atoms with Crippen LogP contribution in [0.3, 0.4) is 0 Å². The molecule has 2 fully saturated rings. The summed E-state index contributed by atoms with van der Waals surface area (Å²) >= 11 is 0. The number of hydrogen-bond donors (Lipinski definition) is 0. The molecule has 1 aliphatic carbocycles. The van der Waals surface area contributed by atoms with Crippen molar-refractivity contribution in [1.82, 2.24) is 4.90 Å². The Bertz CT molecular complexity index is 230. The summed E-state index contributed by atoms with van der Waals surface area (Å²) in [5.41, 5.74) is 0. The molecule has 14 heavy (non-hydrogen) atoms. The van der Waals surface area contributed by atoms with E-state index in [-0.39, 0.29) is 24.7 Å². The molecule has 1 amide bonds. The smallest absolute Gasteiger partial charge is 0.410 e. The lowest BCUT2D eigenvalue weighted by Gasteiger charge is -2.32. The minimum absolute atomic E-state index is 0.0694. The summed E-state index contributed by atoms with van der Waals surface area (Å²) in [7, 11) is 0. The van der Waals surface area contributed by atoms with E-state index in [2.05, 4.69) is 0 Å². The third-order valence-corrected chi connectivity index (χ3v) is 2.92. The van der Waals surface area contributed by atoms with Gasteiger partial charge in [-0.1, -0.05) is 6.92 Å². The number of likely N-dealkylation sites (tertiary alicyclic amines) is 1. The molecular formula is C10H16FNO2. The highest BCUT2D eigenvalue weighted by atomic mass is 19.1. The average molecular weight is 201 g/mol. The van der Waals surface area contributed by atoms with Gasteiger partial charge < -0.3 is 9.64 Å². The second kappa shape index (κ2) is 3.75. The van der Waals surface area contributed by atoms with Crippen LogP contribution in [0.15, 0.2) is 0 Å². The van der Waals surface area contributed by atoms with Crippen molar-refractivity contribution >= 4 is 6.09 Å². The molecule has 0 unspecified atom stereocenters. The number of nitrogens with zero attached hydrogens (tertiary/aromatic N) is 1. The fourth-order valence-electron chi connectivity index (χ4n) is 1.59. The number of piperidine rings is 1.